The Morgan fingerprint density at radius 2 is 2.11 bits per heavy atom. The minimum atomic E-state index is 0.990. The van der Waals surface area contributed by atoms with Gasteiger partial charge in [-0.3, -0.25) is 0 Å². The molecule has 1 N–H and O–H groups in total. The van der Waals surface area contributed by atoms with Crippen LogP contribution in [0.4, 0.5) is 0 Å². The molecule has 0 radical (unpaired) electrons. The lowest BCUT2D eigenvalue weighted by Gasteiger charge is -2.00. The van der Waals surface area contributed by atoms with Crippen LogP contribution in [-0.2, 0) is 0 Å². The van der Waals surface area contributed by atoms with E-state index < -0.39 is 0 Å². The lowest BCUT2D eigenvalue weighted by atomic mass is 10.3. The second-order valence-electron chi connectivity index (χ2n) is 2.32. The van der Waals surface area contributed by atoms with Gasteiger partial charge >= 0.3 is 0 Å². The Bertz CT molecular complexity index is 119. The Balaban J connectivity index is 3.50. The summed E-state index contributed by atoms with van der Waals surface area (Å²) >= 11 is 0. The number of allylic oxidation sites excluding steroid dienone is 2. The number of nitrogens with one attached hydrogen (secondary N) is 1. The number of rotatable bonds is 3. The summed E-state index contributed by atoms with van der Waals surface area (Å²) in [7, 11) is 0. The van der Waals surface area contributed by atoms with Gasteiger partial charge in [-0.25, -0.2) is 0 Å². The zero-order chi connectivity index (χ0) is 7.28. The molecule has 1 heteroatoms. The molecule has 0 saturated carbocycles. The van der Waals surface area contributed by atoms with E-state index in [1.54, 1.807) is 0 Å². The highest BCUT2D eigenvalue weighted by atomic mass is 14.8. The van der Waals surface area contributed by atoms with E-state index in [-0.39, 0.29) is 0 Å². The Labute approximate surface area is 57.5 Å². The monoisotopic (exact) mass is 125 g/mol. The van der Waals surface area contributed by atoms with Crippen molar-refractivity contribution in [3.63, 3.8) is 0 Å². The summed E-state index contributed by atoms with van der Waals surface area (Å²) in [6.45, 7) is 9.97. The third-order valence-electron chi connectivity index (χ3n) is 0.992. The van der Waals surface area contributed by atoms with Crippen molar-refractivity contribution in [3.8, 4) is 0 Å². The van der Waals surface area contributed by atoms with Crippen LogP contribution >= 0.6 is 0 Å². The molecule has 0 atom stereocenters. The quantitative estimate of drug-likeness (QED) is 0.610. The molecule has 0 aromatic rings. The van der Waals surface area contributed by atoms with Gasteiger partial charge in [-0.2, -0.15) is 0 Å². The van der Waals surface area contributed by atoms with Crippen molar-refractivity contribution < 1.29 is 0 Å². The van der Waals surface area contributed by atoms with Crippen LogP contribution in [0.2, 0.25) is 0 Å². The van der Waals surface area contributed by atoms with Crippen LogP contribution in [0.5, 0.6) is 0 Å². The molecule has 0 saturated heterocycles. The lowest BCUT2D eigenvalue weighted by Crippen LogP contribution is -2.01. The van der Waals surface area contributed by atoms with Gasteiger partial charge in [-0.05, 0) is 26.5 Å². The Hall–Kier alpha value is -0.720. The zero-order valence-electron chi connectivity index (χ0n) is 6.49. The fourth-order valence-electron chi connectivity index (χ4n) is 0.348. The first-order chi connectivity index (χ1) is 4.16. The van der Waals surface area contributed by atoms with Gasteiger partial charge in [0.25, 0.3) is 0 Å². The van der Waals surface area contributed by atoms with Crippen LogP contribution < -0.4 is 5.32 Å². The van der Waals surface area contributed by atoms with Crippen LogP contribution in [0, 0.1) is 0 Å². The first-order valence-electron chi connectivity index (χ1n) is 3.24. The molecular weight excluding hydrogens is 110 g/mol. The van der Waals surface area contributed by atoms with E-state index in [4.69, 9.17) is 0 Å². The van der Waals surface area contributed by atoms with Crippen LogP contribution in [0.1, 0.15) is 27.2 Å². The first-order valence-corrected chi connectivity index (χ1v) is 3.24. The molecule has 1 nitrogen and oxygen atoms in total. The van der Waals surface area contributed by atoms with Gasteiger partial charge in [0.2, 0.25) is 0 Å². The summed E-state index contributed by atoms with van der Waals surface area (Å²) in [6, 6.07) is 0. The van der Waals surface area contributed by atoms with Gasteiger partial charge in [0.1, 0.15) is 0 Å². The van der Waals surface area contributed by atoms with E-state index in [0.717, 1.165) is 12.1 Å². The van der Waals surface area contributed by atoms with Crippen LogP contribution in [0.25, 0.3) is 0 Å². The Morgan fingerprint density at radius 3 is 2.44 bits per heavy atom. The molecule has 0 amide bonds. The van der Waals surface area contributed by atoms with Crippen molar-refractivity contribution in [1.29, 1.82) is 0 Å². The maximum absolute atomic E-state index is 3.79. The third kappa shape index (κ3) is 5.15. The fourth-order valence-corrected chi connectivity index (χ4v) is 0.348. The maximum Gasteiger partial charge on any atom is 0.00706 e. The normalized spacial score (nSPS) is 8.33. The average molecular weight is 125 g/mol. The molecule has 0 heterocycles. The van der Waals surface area contributed by atoms with Crippen molar-refractivity contribution in [1.82, 2.24) is 5.32 Å². The van der Waals surface area contributed by atoms with Crippen molar-refractivity contribution in [2.75, 3.05) is 0 Å². The highest BCUT2D eigenvalue weighted by Gasteiger charge is 1.81. The van der Waals surface area contributed by atoms with Crippen LogP contribution in [-0.4, -0.2) is 0 Å². The van der Waals surface area contributed by atoms with E-state index in [1.807, 2.05) is 6.20 Å². The fraction of sp³-hybridized carbons (Fsp3) is 0.500. The molecule has 0 unspecified atom stereocenters. The minimum Gasteiger partial charge on any atom is -0.366 e. The van der Waals surface area contributed by atoms with E-state index in [9.17, 15) is 0 Å². The molecule has 52 valence electrons. The van der Waals surface area contributed by atoms with Crippen molar-refractivity contribution in [3.05, 3.63) is 24.0 Å². The predicted molar refractivity (Wildman–Crippen MR) is 42.0 cm³/mol. The topological polar surface area (TPSA) is 12.0 Å². The van der Waals surface area contributed by atoms with Crippen molar-refractivity contribution in [2.24, 2.45) is 0 Å². The second-order valence-corrected chi connectivity index (χ2v) is 2.32. The van der Waals surface area contributed by atoms with Crippen LogP contribution in [0.3, 0.4) is 0 Å². The summed E-state index contributed by atoms with van der Waals surface area (Å²) in [6.07, 6.45) is 2.95. The molecular formula is C8H15N. The highest BCUT2D eigenvalue weighted by Crippen LogP contribution is 1.92. The predicted octanol–water partition coefficient (Wildman–Crippen LogP) is 2.42. The first kappa shape index (κ1) is 8.28. The van der Waals surface area contributed by atoms with Gasteiger partial charge < -0.3 is 5.32 Å². The number of hydrogen-bond acceptors (Lipinski definition) is 1. The largest absolute Gasteiger partial charge is 0.366 e. The molecule has 0 aliphatic rings. The zero-order valence-corrected chi connectivity index (χ0v) is 6.49. The van der Waals surface area contributed by atoms with Crippen molar-refractivity contribution >= 4 is 0 Å². The summed E-state index contributed by atoms with van der Waals surface area (Å²) < 4.78 is 0. The second kappa shape index (κ2) is 4.19. The third-order valence-corrected chi connectivity index (χ3v) is 0.992. The van der Waals surface area contributed by atoms with Crippen molar-refractivity contribution in [2.45, 2.75) is 27.2 Å². The van der Waals surface area contributed by atoms with E-state index in [1.165, 1.54) is 5.57 Å². The van der Waals surface area contributed by atoms with E-state index >= 15 is 0 Å². The number of hydrogen-bond donors (Lipinski definition) is 1. The Kier molecular flexibility index (Phi) is 3.85. The molecule has 0 aromatic heterocycles. The SMILES string of the molecule is C=C(CC)NC=C(C)C. The molecule has 0 rings (SSSR count). The molecule has 0 fully saturated rings. The van der Waals surface area contributed by atoms with Gasteiger partial charge in [-0.15, -0.1) is 0 Å². The van der Waals surface area contributed by atoms with Crippen LogP contribution in [0.15, 0.2) is 24.0 Å². The summed E-state index contributed by atoms with van der Waals surface area (Å²) in [5, 5.41) is 3.08. The van der Waals surface area contributed by atoms with Gasteiger partial charge in [-0.1, -0.05) is 19.1 Å². The molecule has 0 aliphatic heterocycles. The maximum atomic E-state index is 3.79. The smallest absolute Gasteiger partial charge is 0.00706 e. The van der Waals surface area contributed by atoms with E-state index in [0.29, 0.717) is 0 Å². The molecule has 0 aliphatic carbocycles. The summed E-state index contributed by atoms with van der Waals surface area (Å²) in [5.41, 5.74) is 2.33. The highest BCUT2D eigenvalue weighted by molar-refractivity contribution is 5.00. The van der Waals surface area contributed by atoms with Gasteiger partial charge in [0.05, 0.1) is 0 Å². The minimum absolute atomic E-state index is 0.990. The lowest BCUT2D eigenvalue weighted by molar-refractivity contribution is 0.942. The van der Waals surface area contributed by atoms with Gasteiger partial charge in [0.15, 0.2) is 0 Å². The summed E-state index contributed by atoms with van der Waals surface area (Å²) in [5.74, 6) is 0. The Morgan fingerprint density at radius 1 is 1.56 bits per heavy atom. The molecule has 0 aromatic carbocycles. The standard InChI is InChI=1S/C8H15N/c1-5-8(4)9-6-7(2)3/h6,9H,4-5H2,1-3H3. The van der Waals surface area contributed by atoms with Gasteiger partial charge in [0, 0.05) is 5.70 Å². The molecule has 0 spiro atoms. The van der Waals surface area contributed by atoms with E-state index in [2.05, 4.69) is 32.7 Å². The summed E-state index contributed by atoms with van der Waals surface area (Å²) in [4.78, 5) is 0. The average Bonchev–Trinajstić information content (AvgIpc) is 1.83. The molecule has 9 heavy (non-hydrogen) atoms. The molecule has 0 bridgehead atoms.